The zero-order valence-electron chi connectivity index (χ0n) is 14.4. The Balaban J connectivity index is 0.00000182. The van der Waals surface area contributed by atoms with Crippen molar-refractivity contribution in [3.05, 3.63) is 22.8 Å². The minimum atomic E-state index is -4.48. The number of nitrogens with one attached hydrogen (secondary N) is 2. The van der Waals surface area contributed by atoms with Crippen LogP contribution in [0.4, 0.5) is 19.0 Å². The second kappa shape index (κ2) is 10.0. The summed E-state index contributed by atoms with van der Waals surface area (Å²) in [7, 11) is 0. The van der Waals surface area contributed by atoms with Crippen molar-refractivity contribution in [1.29, 1.82) is 0 Å². The molecule has 27 heavy (non-hydrogen) atoms. The Labute approximate surface area is 173 Å². The molecular formula is C16H22Cl3F3N4O. The molecular weight excluding hydrogens is 428 g/mol. The van der Waals surface area contributed by atoms with Gasteiger partial charge in [0.1, 0.15) is 5.82 Å². The Morgan fingerprint density at radius 3 is 2.67 bits per heavy atom. The normalized spacial score (nSPS) is 21.7. The SMILES string of the molecule is Cl.Cl.O=C(CCNc1ncc(C(F)(F)F)cc1Cl)N1C2CCNCC1CC2. The molecule has 2 N–H and O–H groups in total. The summed E-state index contributed by atoms with van der Waals surface area (Å²) in [5, 5.41) is 6.09. The third kappa shape index (κ3) is 5.76. The average molecular weight is 450 g/mol. The van der Waals surface area contributed by atoms with Gasteiger partial charge in [0.05, 0.1) is 10.6 Å². The van der Waals surface area contributed by atoms with Crippen LogP contribution in [0.25, 0.3) is 0 Å². The number of carbonyl (C=O) groups excluding carboxylic acids is 1. The fourth-order valence-electron chi connectivity index (χ4n) is 3.53. The minimum Gasteiger partial charge on any atom is -0.368 e. The molecule has 0 radical (unpaired) electrons. The lowest BCUT2D eigenvalue weighted by Crippen LogP contribution is -2.43. The summed E-state index contributed by atoms with van der Waals surface area (Å²) in [6.45, 7) is 2.02. The van der Waals surface area contributed by atoms with Crippen molar-refractivity contribution in [3.63, 3.8) is 0 Å². The highest BCUT2D eigenvalue weighted by atomic mass is 35.5. The van der Waals surface area contributed by atoms with Gasteiger partial charge in [-0.25, -0.2) is 4.98 Å². The van der Waals surface area contributed by atoms with Crippen LogP contribution in [0, 0.1) is 0 Å². The van der Waals surface area contributed by atoms with Gasteiger partial charge < -0.3 is 15.5 Å². The highest BCUT2D eigenvalue weighted by Gasteiger charge is 2.37. The molecule has 0 spiro atoms. The van der Waals surface area contributed by atoms with Crippen LogP contribution in [0.15, 0.2) is 12.3 Å². The van der Waals surface area contributed by atoms with Crippen molar-refractivity contribution >= 4 is 48.1 Å². The molecule has 5 nitrogen and oxygen atoms in total. The Hall–Kier alpha value is -0.960. The van der Waals surface area contributed by atoms with Gasteiger partial charge in [0, 0.05) is 37.8 Å². The molecule has 0 aromatic carbocycles. The first-order valence-electron chi connectivity index (χ1n) is 8.35. The van der Waals surface area contributed by atoms with E-state index in [2.05, 4.69) is 15.6 Å². The monoisotopic (exact) mass is 448 g/mol. The van der Waals surface area contributed by atoms with Crippen molar-refractivity contribution in [1.82, 2.24) is 15.2 Å². The second-order valence-corrected chi connectivity index (χ2v) is 6.81. The second-order valence-electron chi connectivity index (χ2n) is 6.41. The van der Waals surface area contributed by atoms with E-state index >= 15 is 0 Å². The van der Waals surface area contributed by atoms with Crippen molar-refractivity contribution in [2.45, 2.75) is 43.9 Å². The third-order valence-electron chi connectivity index (χ3n) is 4.74. The predicted octanol–water partition coefficient (Wildman–Crippen LogP) is 3.75. The highest BCUT2D eigenvalue weighted by molar-refractivity contribution is 6.32. The summed E-state index contributed by atoms with van der Waals surface area (Å²) in [5.74, 6) is 0.217. The number of hydrogen-bond donors (Lipinski definition) is 2. The number of amides is 1. The van der Waals surface area contributed by atoms with Gasteiger partial charge >= 0.3 is 6.18 Å². The van der Waals surface area contributed by atoms with E-state index in [0.717, 1.165) is 44.6 Å². The van der Waals surface area contributed by atoms with Crippen LogP contribution in [0.5, 0.6) is 0 Å². The van der Waals surface area contributed by atoms with Gasteiger partial charge in [0.15, 0.2) is 0 Å². The van der Waals surface area contributed by atoms with Crippen molar-refractivity contribution in [2.24, 2.45) is 0 Å². The van der Waals surface area contributed by atoms with Gasteiger partial charge in [-0.15, -0.1) is 24.8 Å². The summed E-state index contributed by atoms with van der Waals surface area (Å²) in [4.78, 5) is 18.2. The minimum absolute atomic E-state index is 0. The maximum Gasteiger partial charge on any atom is 0.417 e. The molecule has 2 atom stereocenters. The molecule has 1 aromatic rings. The molecule has 2 aliphatic heterocycles. The van der Waals surface area contributed by atoms with Gasteiger partial charge in [-0.2, -0.15) is 13.2 Å². The Morgan fingerprint density at radius 1 is 1.30 bits per heavy atom. The largest absolute Gasteiger partial charge is 0.417 e. The fourth-order valence-corrected chi connectivity index (χ4v) is 3.76. The highest BCUT2D eigenvalue weighted by Crippen LogP contribution is 2.32. The summed E-state index contributed by atoms with van der Waals surface area (Å²) in [6.07, 6.45) is -0.475. The number of pyridine rings is 1. The number of fused-ring (bicyclic) bond motifs is 2. The number of halogens is 6. The lowest BCUT2D eigenvalue weighted by atomic mass is 10.1. The van der Waals surface area contributed by atoms with E-state index in [4.69, 9.17) is 11.6 Å². The number of rotatable bonds is 4. The maximum absolute atomic E-state index is 12.6. The Morgan fingerprint density at radius 2 is 2.00 bits per heavy atom. The maximum atomic E-state index is 12.6. The molecule has 1 amide bonds. The van der Waals surface area contributed by atoms with E-state index in [0.29, 0.717) is 6.04 Å². The fraction of sp³-hybridized carbons (Fsp3) is 0.625. The van der Waals surface area contributed by atoms with Crippen LogP contribution >= 0.6 is 36.4 Å². The van der Waals surface area contributed by atoms with Crippen LogP contribution < -0.4 is 10.6 Å². The van der Waals surface area contributed by atoms with Crippen LogP contribution in [0.2, 0.25) is 5.02 Å². The van der Waals surface area contributed by atoms with Crippen molar-refractivity contribution in [3.8, 4) is 0 Å². The number of anilines is 1. The smallest absolute Gasteiger partial charge is 0.368 e. The molecule has 2 unspecified atom stereocenters. The van der Waals surface area contributed by atoms with Gasteiger partial charge in [-0.05, 0) is 31.9 Å². The van der Waals surface area contributed by atoms with Gasteiger partial charge in [-0.1, -0.05) is 11.6 Å². The molecule has 3 heterocycles. The van der Waals surface area contributed by atoms with Gasteiger partial charge in [-0.3, -0.25) is 4.79 Å². The molecule has 1 aromatic heterocycles. The zero-order chi connectivity index (χ0) is 18.0. The first-order valence-corrected chi connectivity index (χ1v) is 8.72. The van der Waals surface area contributed by atoms with Crippen molar-refractivity contribution in [2.75, 3.05) is 25.0 Å². The van der Waals surface area contributed by atoms with Crippen LogP contribution in [0.1, 0.15) is 31.2 Å². The predicted molar refractivity (Wildman–Crippen MR) is 103 cm³/mol. The Bertz CT molecular complexity index is 634. The summed E-state index contributed by atoms with van der Waals surface area (Å²) >= 11 is 5.85. The van der Waals surface area contributed by atoms with Crippen molar-refractivity contribution < 1.29 is 18.0 Å². The van der Waals surface area contributed by atoms with E-state index < -0.39 is 11.7 Å². The van der Waals surface area contributed by atoms with E-state index in [1.165, 1.54) is 0 Å². The molecule has 2 saturated heterocycles. The average Bonchev–Trinajstić information content (AvgIpc) is 2.80. The molecule has 0 aliphatic carbocycles. The molecule has 2 aliphatic rings. The number of carbonyl (C=O) groups is 1. The van der Waals surface area contributed by atoms with Crippen LogP contribution in [0.3, 0.4) is 0 Å². The molecule has 154 valence electrons. The first-order chi connectivity index (χ1) is 11.9. The first kappa shape index (κ1) is 24.1. The number of alkyl halides is 3. The van der Waals surface area contributed by atoms with Gasteiger partial charge in [0.2, 0.25) is 5.91 Å². The van der Waals surface area contributed by atoms with E-state index in [-0.39, 0.29) is 60.6 Å². The molecule has 0 saturated carbocycles. The zero-order valence-corrected chi connectivity index (χ0v) is 16.8. The number of hydrogen-bond acceptors (Lipinski definition) is 4. The quantitative estimate of drug-likeness (QED) is 0.735. The lowest BCUT2D eigenvalue weighted by Gasteiger charge is -2.28. The molecule has 2 bridgehead atoms. The number of nitrogens with zero attached hydrogens (tertiary/aromatic N) is 2. The topological polar surface area (TPSA) is 57.3 Å². The number of aromatic nitrogens is 1. The van der Waals surface area contributed by atoms with Gasteiger partial charge in [0.25, 0.3) is 0 Å². The van der Waals surface area contributed by atoms with E-state index in [9.17, 15) is 18.0 Å². The standard InChI is InChI=1S/C16H20ClF3N4O.2ClH/c17-13-7-10(16(18,19)20)8-23-15(13)22-6-4-14(25)24-11-1-2-12(24)9-21-5-3-11;;/h7-8,11-12,21H,1-6,9H2,(H,22,23);2*1H. The molecule has 11 heteroatoms. The van der Waals surface area contributed by atoms with Crippen LogP contribution in [-0.2, 0) is 11.0 Å². The van der Waals surface area contributed by atoms with E-state index in [1.54, 1.807) is 0 Å². The summed E-state index contributed by atoms with van der Waals surface area (Å²) < 4.78 is 37.8. The molecule has 3 rings (SSSR count). The summed E-state index contributed by atoms with van der Waals surface area (Å²) in [6, 6.07) is 1.37. The lowest BCUT2D eigenvalue weighted by molar-refractivity contribution is -0.137. The summed E-state index contributed by atoms with van der Waals surface area (Å²) in [5.41, 5.74) is -0.896. The van der Waals surface area contributed by atoms with E-state index in [1.807, 2.05) is 4.90 Å². The van der Waals surface area contributed by atoms with Crippen LogP contribution in [-0.4, -0.2) is 47.5 Å². The molecule has 2 fully saturated rings. The third-order valence-corrected chi connectivity index (χ3v) is 5.03. The Kier molecular flexibility index (Phi) is 8.92.